The van der Waals surface area contributed by atoms with Crippen LogP contribution in [0.5, 0.6) is 11.5 Å². The highest BCUT2D eigenvalue weighted by atomic mass is 19.3. The molecule has 1 saturated heterocycles. The van der Waals surface area contributed by atoms with Crippen molar-refractivity contribution in [1.82, 2.24) is 10.2 Å². The van der Waals surface area contributed by atoms with Crippen molar-refractivity contribution in [2.24, 2.45) is 5.92 Å². The van der Waals surface area contributed by atoms with E-state index in [0.29, 0.717) is 18.0 Å². The van der Waals surface area contributed by atoms with Crippen molar-refractivity contribution in [3.05, 3.63) is 29.8 Å². The molecule has 0 radical (unpaired) electrons. The summed E-state index contributed by atoms with van der Waals surface area (Å²) in [5.41, 5.74) is 0.192. The van der Waals surface area contributed by atoms with Gasteiger partial charge >= 0.3 is 6.61 Å². The molecule has 1 N–H and O–H groups in total. The van der Waals surface area contributed by atoms with Gasteiger partial charge in [0.1, 0.15) is 0 Å². The van der Waals surface area contributed by atoms with E-state index >= 15 is 0 Å². The second-order valence-corrected chi connectivity index (χ2v) is 7.81. The summed E-state index contributed by atoms with van der Waals surface area (Å²) in [4.78, 5) is 14.7. The summed E-state index contributed by atoms with van der Waals surface area (Å²) < 4.78 is 35.0. The van der Waals surface area contributed by atoms with Gasteiger partial charge < -0.3 is 14.8 Å². The molecular weight excluding hydrogens is 366 g/mol. The first-order valence-electron chi connectivity index (χ1n) is 9.55. The first-order chi connectivity index (χ1) is 13.2. The molecule has 1 aromatic rings. The maximum Gasteiger partial charge on any atom is 0.387 e. The number of halogens is 2. The van der Waals surface area contributed by atoms with Crippen molar-refractivity contribution >= 4 is 12.0 Å². The van der Waals surface area contributed by atoms with Gasteiger partial charge in [-0.05, 0) is 51.3 Å². The highest BCUT2D eigenvalue weighted by Crippen LogP contribution is 2.33. The van der Waals surface area contributed by atoms with Crippen molar-refractivity contribution in [2.45, 2.75) is 45.8 Å². The molecule has 0 bridgehead atoms. The van der Waals surface area contributed by atoms with Crippen LogP contribution in [0.2, 0.25) is 0 Å². The van der Waals surface area contributed by atoms with Crippen LogP contribution in [0.1, 0.15) is 39.2 Å². The molecule has 0 saturated carbocycles. The van der Waals surface area contributed by atoms with Crippen molar-refractivity contribution in [3.63, 3.8) is 0 Å². The molecule has 1 unspecified atom stereocenters. The van der Waals surface area contributed by atoms with E-state index in [1.165, 1.54) is 38.2 Å². The normalized spacial score (nSPS) is 18.5. The van der Waals surface area contributed by atoms with E-state index in [9.17, 15) is 13.6 Å². The summed E-state index contributed by atoms with van der Waals surface area (Å²) in [6.07, 6.45) is 5.18. The van der Waals surface area contributed by atoms with Gasteiger partial charge in [-0.2, -0.15) is 8.78 Å². The third kappa shape index (κ3) is 6.19. The third-order valence-electron chi connectivity index (χ3n) is 5.06. The van der Waals surface area contributed by atoms with Crippen LogP contribution >= 0.6 is 0 Å². The molecule has 1 amide bonds. The van der Waals surface area contributed by atoms with Gasteiger partial charge in [-0.1, -0.05) is 19.1 Å². The predicted molar refractivity (Wildman–Crippen MR) is 106 cm³/mol. The topological polar surface area (TPSA) is 50.8 Å². The second-order valence-electron chi connectivity index (χ2n) is 7.81. The Morgan fingerprint density at radius 3 is 2.82 bits per heavy atom. The maximum atomic E-state index is 12.7. The minimum atomic E-state index is -2.98. The molecule has 0 spiro atoms. The van der Waals surface area contributed by atoms with Gasteiger partial charge in [0.25, 0.3) is 0 Å². The SMILES string of the molecule is COc1cccc(/C=C/C(=O)NCC(C)(C)N2CCCC(C)C2)c1OC(F)F. The molecule has 7 heteroatoms. The number of hydrogen-bond donors (Lipinski definition) is 1. The molecule has 1 fully saturated rings. The Kier molecular flexibility index (Phi) is 7.80. The van der Waals surface area contributed by atoms with Crippen molar-refractivity contribution in [3.8, 4) is 11.5 Å². The van der Waals surface area contributed by atoms with Crippen LogP contribution < -0.4 is 14.8 Å². The van der Waals surface area contributed by atoms with Gasteiger partial charge in [0.05, 0.1) is 7.11 Å². The standard InChI is InChI=1S/C21H30F2N2O3/c1-15-7-6-12-25(13-15)21(2,3)14-24-18(26)11-10-16-8-5-9-17(27-4)19(16)28-20(22)23/h5,8-11,15,20H,6-7,12-14H2,1-4H3,(H,24,26)/b11-10+. The lowest BCUT2D eigenvalue weighted by molar-refractivity contribution is -0.117. The summed E-state index contributed by atoms with van der Waals surface area (Å²) in [7, 11) is 1.37. The Bertz CT molecular complexity index is 692. The fourth-order valence-electron chi connectivity index (χ4n) is 3.42. The molecule has 1 aromatic carbocycles. The fourth-order valence-corrected chi connectivity index (χ4v) is 3.42. The number of nitrogens with zero attached hydrogens (tertiary/aromatic N) is 1. The average Bonchev–Trinajstić information content (AvgIpc) is 2.65. The van der Waals surface area contributed by atoms with Crippen molar-refractivity contribution < 1.29 is 23.0 Å². The summed E-state index contributed by atoms with van der Waals surface area (Å²) in [5.74, 6) is 0.462. The van der Waals surface area contributed by atoms with Gasteiger partial charge in [-0.3, -0.25) is 9.69 Å². The minimum Gasteiger partial charge on any atom is -0.493 e. The summed E-state index contributed by atoms with van der Waals surface area (Å²) in [6.45, 7) is 6.05. The Hall–Kier alpha value is -2.15. The molecule has 2 rings (SSSR count). The van der Waals surface area contributed by atoms with Gasteiger partial charge in [0.2, 0.25) is 5.91 Å². The van der Waals surface area contributed by atoms with Crippen molar-refractivity contribution in [1.29, 1.82) is 0 Å². The number of likely N-dealkylation sites (tertiary alicyclic amines) is 1. The monoisotopic (exact) mass is 396 g/mol. The molecule has 156 valence electrons. The van der Waals surface area contributed by atoms with Crippen LogP contribution in [0.25, 0.3) is 6.08 Å². The zero-order valence-corrected chi connectivity index (χ0v) is 17.0. The number of amides is 1. The predicted octanol–water partition coefficient (Wildman–Crippen LogP) is 3.94. The average molecular weight is 396 g/mol. The molecule has 1 aliphatic rings. The Balaban J connectivity index is 2.00. The number of carbonyl (C=O) groups excluding carboxylic acids is 1. The van der Waals surface area contributed by atoms with Crippen LogP contribution in [-0.4, -0.2) is 49.7 Å². The molecule has 1 atom stereocenters. The fraction of sp³-hybridized carbons (Fsp3) is 0.571. The molecule has 1 heterocycles. The Labute approximate surface area is 165 Å². The number of nitrogens with one attached hydrogen (secondary N) is 1. The lowest BCUT2D eigenvalue weighted by Gasteiger charge is -2.43. The number of alkyl halides is 2. The van der Waals surface area contributed by atoms with Crippen LogP contribution in [0.15, 0.2) is 24.3 Å². The Morgan fingerprint density at radius 2 is 2.18 bits per heavy atom. The lowest BCUT2D eigenvalue weighted by atomic mass is 9.93. The molecule has 0 aliphatic carbocycles. The van der Waals surface area contributed by atoms with Gasteiger partial charge in [0, 0.05) is 30.3 Å². The van der Waals surface area contributed by atoms with Gasteiger partial charge in [0.15, 0.2) is 11.5 Å². The van der Waals surface area contributed by atoms with E-state index in [4.69, 9.17) is 4.74 Å². The zero-order chi connectivity index (χ0) is 20.7. The second kappa shape index (κ2) is 9.87. The summed E-state index contributed by atoms with van der Waals surface area (Å²) in [5, 5.41) is 2.91. The quantitative estimate of drug-likeness (QED) is 0.677. The highest BCUT2D eigenvalue weighted by Gasteiger charge is 2.30. The number of piperidine rings is 1. The first-order valence-corrected chi connectivity index (χ1v) is 9.55. The molecule has 28 heavy (non-hydrogen) atoms. The smallest absolute Gasteiger partial charge is 0.387 e. The van der Waals surface area contributed by atoms with Gasteiger partial charge in [-0.15, -0.1) is 0 Å². The van der Waals surface area contributed by atoms with Crippen LogP contribution in [0.3, 0.4) is 0 Å². The van der Waals surface area contributed by atoms with E-state index in [0.717, 1.165) is 13.1 Å². The van der Waals surface area contributed by atoms with E-state index in [2.05, 4.69) is 35.7 Å². The number of hydrogen-bond acceptors (Lipinski definition) is 4. The van der Waals surface area contributed by atoms with Crippen molar-refractivity contribution in [2.75, 3.05) is 26.7 Å². The van der Waals surface area contributed by atoms with E-state index < -0.39 is 6.61 Å². The third-order valence-corrected chi connectivity index (χ3v) is 5.06. The Morgan fingerprint density at radius 1 is 1.43 bits per heavy atom. The van der Waals surface area contributed by atoms with E-state index in [-0.39, 0.29) is 22.9 Å². The zero-order valence-electron chi connectivity index (χ0n) is 17.0. The molecule has 0 aromatic heterocycles. The number of benzene rings is 1. The highest BCUT2D eigenvalue weighted by molar-refractivity contribution is 5.92. The number of methoxy groups -OCH3 is 1. The molecule has 1 aliphatic heterocycles. The van der Waals surface area contributed by atoms with Crippen LogP contribution in [0, 0.1) is 5.92 Å². The number of ether oxygens (including phenoxy) is 2. The largest absolute Gasteiger partial charge is 0.493 e. The van der Waals surface area contributed by atoms with E-state index in [1.54, 1.807) is 12.1 Å². The maximum absolute atomic E-state index is 12.7. The molecular formula is C21H30F2N2O3. The van der Waals surface area contributed by atoms with Crippen LogP contribution in [0.4, 0.5) is 8.78 Å². The minimum absolute atomic E-state index is 0.0910. The number of para-hydroxylation sites is 1. The first kappa shape index (κ1) is 22.1. The number of carbonyl (C=O) groups is 1. The lowest BCUT2D eigenvalue weighted by Crippen LogP contribution is -2.54. The van der Waals surface area contributed by atoms with E-state index in [1.807, 2.05) is 0 Å². The van der Waals surface area contributed by atoms with Crippen LogP contribution in [-0.2, 0) is 4.79 Å². The number of rotatable bonds is 8. The molecule has 5 nitrogen and oxygen atoms in total. The summed E-state index contributed by atoms with van der Waals surface area (Å²) in [6, 6.07) is 4.76. The summed E-state index contributed by atoms with van der Waals surface area (Å²) >= 11 is 0. The van der Waals surface area contributed by atoms with Gasteiger partial charge in [-0.25, -0.2) is 0 Å².